The summed E-state index contributed by atoms with van der Waals surface area (Å²) in [7, 11) is 2.11. The zero-order valence-corrected chi connectivity index (χ0v) is 17.7. The molecule has 2 atom stereocenters. The van der Waals surface area contributed by atoms with Gasteiger partial charge in [-0.25, -0.2) is 12.0 Å². The van der Waals surface area contributed by atoms with Crippen LogP contribution in [0, 0.1) is 12.7 Å². The molecule has 6 nitrogen and oxygen atoms in total. The number of anilines is 2. The fraction of sp³-hybridized carbons (Fsp3) is 0.529. The lowest BCUT2D eigenvalue weighted by Gasteiger charge is -2.45. The standard InChI is InChI=1S/C17H20ClFIN5O/c1-8-6-24-10(7-23(8)3)4-5-21-14-11-15(13(19)9(2)12(14)18)25(20)17(26)22-16(11)24/h8,10,21H,4-7H2,1-3H3. The predicted molar refractivity (Wildman–Crippen MR) is 111 cm³/mol. The van der Waals surface area contributed by atoms with Crippen molar-refractivity contribution in [1.29, 1.82) is 0 Å². The van der Waals surface area contributed by atoms with Crippen molar-refractivity contribution < 1.29 is 4.39 Å². The monoisotopic (exact) mass is 491 g/mol. The number of benzene rings is 1. The van der Waals surface area contributed by atoms with Gasteiger partial charge in [0.05, 0.1) is 39.0 Å². The van der Waals surface area contributed by atoms with Crippen LogP contribution < -0.4 is 15.9 Å². The Labute approximate surface area is 169 Å². The smallest absolute Gasteiger partial charge is 0.359 e. The number of likely N-dealkylation sites (N-methyl/N-ethyl adjacent to an activating group) is 1. The summed E-state index contributed by atoms with van der Waals surface area (Å²) in [5, 5.41) is 4.32. The van der Waals surface area contributed by atoms with Crippen molar-refractivity contribution in [3.63, 3.8) is 0 Å². The Kier molecular flexibility index (Phi) is 4.55. The summed E-state index contributed by atoms with van der Waals surface area (Å²) in [5.41, 5.74) is 0.786. The zero-order valence-electron chi connectivity index (χ0n) is 14.8. The van der Waals surface area contributed by atoms with Gasteiger partial charge in [-0.05, 0) is 27.3 Å². The van der Waals surface area contributed by atoms with Crippen LogP contribution >= 0.6 is 34.5 Å². The molecule has 1 fully saturated rings. The van der Waals surface area contributed by atoms with E-state index in [9.17, 15) is 4.79 Å². The molecule has 9 heteroatoms. The van der Waals surface area contributed by atoms with E-state index in [1.165, 1.54) is 2.78 Å². The molecule has 1 N–H and O–H groups in total. The maximum absolute atomic E-state index is 15.1. The number of nitrogens with zero attached hydrogens (tertiary/aromatic N) is 4. The van der Waals surface area contributed by atoms with Gasteiger partial charge in [0.2, 0.25) is 0 Å². The fourth-order valence-electron chi connectivity index (χ4n) is 3.92. The van der Waals surface area contributed by atoms with Crippen molar-refractivity contribution in [1.82, 2.24) is 12.7 Å². The first-order chi connectivity index (χ1) is 12.3. The maximum atomic E-state index is 15.1. The summed E-state index contributed by atoms with van der Waals surface area (Å²) in [4.78, 5) is 21.3. The molecule has 0 aliphatic carbocycles. The van der Waals surface area contributed by atoms with Crippen LogP contribution in [0.15, 0.2) is 4.79 Å². The van der Waals surface area contributed by atoms with E-state index in [4.69, 9.17) is 11.6 Å². The number of hydrogen-bond acceptors (Lipinski definition) is 5. The van der Waals surface area contributed by atoms with E-state index in [0.717, 1.165) is 26.1 Å². The average molecular weight is 492 g/mol. The van der Waals surface area contributed by atoms with E-state index in [1.807, 2.05) is 22.9 Å². The SMILES string of the molecule is Cc1c(Cl)c2c3c(nc(=O)n(I)c3c1F)N1CC(C)N(C)CC1CCN2. The van der Waals surface area contributed by atoms with Crippen LogP contribution in [-0.2, 0) is 0 Å². The molecule has 2 aromatic rings. The fourth-order valence-corrected chi connectivity index (χ4v) is 4.72. The van der Waals surface area contributed by atoms with Gasteiger partial charge in [0.15, 0.2) is 5.82 Å². The Bertz CT molecular complexity index is 965. The second-order valence-corrected chi connectivity index (χ2v) is 8.50. The summed E-state index contributed by atoms with van der Waals surface area (Å²) < 4.78 is 16.3. The van der Waals surface area contributed by atoms with E-state index in [0.29, 0.717) is 33.5 Å². The highest BCUT2D eigenvalue weighted by Gasteiger charge is 2.35. The quantitative estimate of drug-likeness (QED) is 0.574. The first-order valence-electron chi connectivity index (χ1n) is 8.62. The molecule has 2 aliphatic rings. The molecule has 140 valence electrons. The van der Waals surface area contributed by atoms with E-state index in [-0.39, 0.29) is 11.6 Å². The topological polar surface area (TPSA) is 53.4 Å². The highest BCUT2D eigenvalue weighted by molar-refractivity contribution is 14.1. The molecule has 26 heavy (non-hydrogen) atoms. The molecule has 0 saturated carbocycles. The minimum atomic E-state index is -0.468. The van der Waals surface area contributed by atoms with Crippen LogP contribution in [0.1, 0.15) is 18.9 Å². The lowest BCUT2D eigenvalue weighted by molar-refractivity contribution is 0.196. The Hall–Kier alpha value is -1.13. The molecule has 0 spiro atoms. The van der Waals surface area contributed by atoms with E-state index < -0.39 is 11.5 Å². The number of halogens is 3. The lowest BCUT2D eigenvalue weighted by atomic mass is 10.0. The van der Waals surface area contributed by atoms with Gasteiger partial charge < -0.3 is 10.2 Å². The molecule has 2 unspecified atom stereocenters. The molecular formula is C17H20ClFIN5O. The molecule has 1 saturated heterocycles. The summed E-state index contributed by atoms with van der Waals surface area (Å²) in [6.45, 7) is 6.12. The van der Waals surface area contributed by atoms with Crippen molar-refractivity contribution in [3.05, 3.63) is 26.9 Å². The molecule has 0 radical (unpaired) electrons. The first-order valence-corrected chi connectivity index (χ1v) is 9.96. The number of piperazine rings is 1. The van der Waals surface area contributed by atoms with Crippen LogP contribution in [0.2, 0.25) is 5.02 Å². The van der Waals surface area contributed by atoms with Gasteiger partial charge in [-0.15, -0.1) is 0 Å². The van der Waals surface area contributed by atoms with Gasteiger partial charge in [-0.1, -0.05) is 11.6 Å². The molecule has 0 amide bonds. The van der Waals surface area contributed by atoms with Gasteiger partial charge in [0.25, 0.3) is 0 Å². The molecule has 1 aromatic carbocycles. The van der Waals surface area contributed by atoms with Crippen molar-refractivity contribution in [2.75, 3.05) is 36.9 Å². The molecular weight excluding hydrogens is 472 g/mol. The minimum Gasteiger partial charge on any atom is -0.383 e. The summed E-state index contributed by atoms with van der Waals surface area (Å²) >= 11 is 8.29. The predicted octanol–water partition coefficient (Wildman–Crippen LogP) is 3.02. The van der Waals surface area contributed by atoms with E-state index in [1.54, 1.807) is 6.92 Å². The molecule has 0 bridgehead atoms. The van der Waals surface area contributed by atoms with Gasteiger partial charge in [-0.2, -0.15) is 4.98 Å². The molecule has 4 rings (SSSR count). The second-order valence-electron chi connectivity index (χ2n) is 7.16. The van der Waals surface area contributed by atoms with Crippen LogP contribution in [0.5, 0.6) is 0 Å². The molecule has 1 aromatic heterocycles. The van der Waals surface area contributed by atoms with Crippen LogP contribution in [-0.4, -0.2) is 51.4 Å². The summed E-state index contributed by atoms with van der Waals surface area (Å²) in [5.74, 6) is 0.0656. The highest BCUT2D eigenvalue weighted by atomic mass is 127. The largest absolute Gasteiger partial charge is 0.383 e. The van der Waals surface area contributed by atoms with Crippen molar-refractivity contribution in [3.8, 4) is 0 Å². The Morgan fingerprint density at radius 2 is 2.12 bits per heavy atom. The minimum absolute atomic E-state index is 0.208. The Morgan fingerprint density at radius 1 is 1.38 bits per heavy atom. The third-order valence-electron chi connectivity index (χ3n) is 5.57. The lowest BCUT2D eigenvalue weighted by Crippen LogP contribution is -2.57. The van der Waals surface area contributed by atoms with E-state index in [2.05, 4.69) is 34.1 Å². The van der Waals surface area contributed by atoms with Crippen molar-refractivity contribution in [2.24, 2.45) is 0 Å². The Morgan fingerprint density at radius 3 is 2.85 bits per heavy atom. The number of hydrogen-bond donors (Lipinski definition) is 1. The third-order valence-corrected chi connectivity index (χ3v) is 6.93. The van der Waals surface area contributed by atoms with Crippen molar-refractivity contribution >= 4 is 56.9 Å². The number of rotatable bonds is 0. The third kappa shape index (κ3) is 2.60. The number of fused-ring (bicyclic) bond motifs is 2. The second kappa shape index (κ2) is 6.49. The first kappa shape index (κ1) is 18.2. The normalized spacial score (nSPS) is 23.4. The van der Waals surface area contributed by atoms with Gasteiger partial charge in [0.1, 0.15) is 11.3 Å². The molecule has 3 heterocycles. The Balaban J connectivity index is 2.09. The van der Waals surface area contributed by atoms with Crippen LogP contribution in [0.4, 0.5) is 15.9 Å². The van der Waals surface area contributed by atoms with Crippen LogP contribution in [0.25, 0.3) is 10.9 Å². The van der Waals surface area contributed by atoms with Crippen molar-refractivity contribution in [2.45, 2.75) is 32.4 Å². The summed E-state index contributed by atoms with van der Waals surface area (Å²) in [6, 6.07) is 0.520. The molecule has 2 aliphatic heterocycles. The van der Waals surface area contributed by atoms with Gasteiger partial charge >= 0.3 is 5.69 Å². The van der Waals surface area contributed by atoms with Gasteiger partial charge in [0, 0.05) is 37.3 Å². The average Bonchev–Trinajstić information content (AvgIpc) is 2.59. The van der Waals surface area contributed by atoms with Gasteiger partial charge in [-0.3, -0.25) is 4.90 Å². The highest BCUT2D eigenvalue weighted by Crippen LogP contribution is 2.42. The number of nitrogens with one attached hydrogen (secondary N) is 1. The zero-order chi connectivity index (χ0) is 18.7. The van der Waals surface area contributed by atoms with Crippen LogP contribution in [0.3, 0.4) is 0 Å². The number of aromatic nitrogens is 2. The van der Waals surface area contributed by atoms with E-state index >= 15 is 4.39 Å². The maximum Gasteiger partial charge on any atom is 0.359 e. The summed E-state index contributed by atoms with van der Waals surface area (Å²) in [6.07, 6.45) is 0.889.